The molecule has 3 rings (SSSR count). The average molecular weight is 265 g/mol. The van der Waals surface area contributed by atoms with Gasteiger partial charge in [0.1, 0.15) is 0 Å². The minimum absolute atomic E-state index is 0.0576. The lowest BCUT2D eigenvalue weighted by Gasteiger charge is -2.07. The van der Waals surface area contributed by atoms with E-state index < -0.39 is 0 Å². The standard InChI is InChI=1S/C16H15N3O/c20-11-4-3-7-14-12-13-6-1-2-8-15(13)19(14)16-17-9-5-10-18-16/h1-6,8-10,12,20H,7,11H2/b4-3+. The van der Waals surface area contributed by atoms with Crippen LogP contribution in [0.2, 0.25) is 0 Å². The number of aromatic nitrogens is 3. The van der Waals surface area contributed by atoms with Crippen LogP contribution < -0.4 is 0 Å². The Morgan fingerprint density at radius 3 is 2.65 bits per heavy atom. The summed E-state index contributed by atoms with van der Waals surface area (Å²) in [5.74, 6) is 0.668. The van der Waals surface area contributed by atoms with Crippen molar-refractivity contribution < 1.29 is 5.11 Å². The van der Waals surface area contributed by atoms with Gasteiger partial charge < -0.3 is 5.11 Å². The largest absolute Gasteiger partial charge is 0.392 e. The van der Waals surface area contributed by atoms with Crippen LogP contribution in [0.4, 0.5) is 0 Å². The zero-order chi connectivity index (χ0) is 13.8. The Morgan fingerprint density at radius 1 is 1.05 bits per heavy atom. The Bertz CT molecular complexity index is 732. The molecule has 0 bridgehead atoms. The van der Waals surface area contributed by atoms with Crippen LogP contribution in [0, 0.1) is 0 Å². The molecule has 1 N–H and O–H groups in total. The third-order valence-corrected chi connectivity index (χ3v) is 3.14. The highest BCUT2D eigenvalue weighted by molar-refractivity contribution is 5.82. The van der Waals surface area contributed by atoms with E-state index in [0.717, 1.165) is 23.0 Å². The molecular weight excluding hydrogens is 250 g/mol. The third-order valence-electron chi connectivity index (χ3n) is 3.14. The molecule has 20 heavy (non-hydrogen) atoms. The number of aliphatic hydroxyl groups is 1. The van der Waals surface area contributed by atoms with Gasteiger partial charge in [0.25, 0.3) is 0 Å². The normalized spacial score (nSPS) is 11.4. The van der Waals surface area contributed by atoms with Gasteiger partial charge in [-0.25, -0.2) is 9.97 Å². The summed E-state index contributed by atoms with van der Waals surface area (Å²) in [6.45, 7) is 0.0576. The molecule has 0 spiro atoms. The molecular formula is C16H15N3O. The molecule has 0 amide bonds. The van der Waals surface area contributed by atoms with Crippen molar-refractivity contribution in [3.8, 4) is 5.95 Å². The summed E-state index contributed by atoms with van der Waals surface area (Å²) in [6, 6.07) is 12.1. The van der Waals surface area contributed by atoms with Crippen molar-refractivity contribution in [2.45, 2.75) is 6.42 Å². The highest BCUT2D eigenvalue weighted by atomic mass is 16.2. The first kappa shape index (κ1) is 12.6. The molecule has 100 valence electrons. The van der Waals surface area contributed by atoms with Crippen molar-refractivity contribution in [2.24, 2.45) is 0 Å². The second-order valence-electron chi connectivity index (χ2n) is 4.44. The minimum Gasteiger partial charge on any atom is -0.392 e. The lowest BCUT2D eigenvalue weighted by Crippen LogP contribution is -2.03. The highest BCUT2D eigenvalue weighted by Gasteiger charge is 2.10. The van der Waals surface area contributed by atoms with Gasteiger partial charge in [-0.1, -0.05) is 30.4 Å². The van der Waals surface area contributed by atoms with Gasteiger partial charge in [0.05, 0.1) is 12.1 Å². The maximum Gasteiger partial charge on any atom is 0.234 e. The van der Waals surface area contributed by atoms with E-state index in [4.69, 9.17) is 5.11 Å². The number of nitrogens with zero attached hydrogens (tertiary/aromatic N) is 3. The zero-order valence-corrected chi connectivity index (χ0v) is 11.0. The molecule has 0 atom stereocenters. The van der Waals surface area contributed by atoms with Crippen LogP contribution in [0.15, 0.2) is 60.9 Å². The number of allylic oxidation sites excluding steroid dienone is 1. The lowest BCUT2D eigenvalue weighted by molar-refractivity contribution is 0.342. The van der Waals surface area contributed by atoms with Crippen molar-refractivity contribution in [3.05, 3.63) is 66.6 Å². The van der Waals surface area contributed by atoms with Gasteiger partial charge in [0.2, 0.25) is 5.95 Å². The van der Waals surface area contributed by atoms with Gasteiger partial charge in [0.15, 0.2) is 0 Å². The third kappa shape index (κ3) is 2.33. The second-order valence-corrected chi connectivity index (χ2v) is 4.44. The van der Waals surface area contributed by atoms with E-state index in [1.807, 2.05) is 18.2 Å². The zero-order valence-electron chi connectivity index (χ0n) is 11.0. The molecule has 1 aromatic carbocycles. The summed E-state index contributed by atoms with van der Waals surface area (Å²) in [4.78, 5) is 8.68. The average Bonchev–Trinajstić information content (AvgIpc) is 2.86. The van der Waals surface area contributed by atoms with Crippen LogP contribution in [-0.2, 0) is 6.42 Å². The summed E-state index contributed by atoms with van der Waals surface area (Å²) in [6.07, 6.45) is 7.91. The molecule has 0 aliphatic heterocycles. The summed E-state index contributed by atoms with van der Waals surface area (Å²) in [5.41, 5.74) is 2.19. The fourth-order valence-corrected chi connectivity index (χ4v) is 2.28. The number of benzene rings is 1. The first-order valence-corrected chi connectivity index (χ1v) is 6.53. The number of aliphatic hydroxyl groups excluding tert-OH is 1. The Labute approximate surface area is 117 Å². The Hall–Kier alpha value is -2.46. The van der Waals surface area contributed by atoms with Gasteiger partial charge in [-0.15, -0.1) is 0 Å². The first-order valence-electron chi connectivity index (χ1n) is 6.53. The summed E-state index contributed by atoms with van der Waals surface area (Å²) in [7, 11) is 0. The predicted octanol–water partition coefficient (Wildman–Crippen LogP) is 2.51. The van der Waals surface area contributed by atoms with Crippen LogP contribution in [0.3, 0.4) is 0 Å². The van der Waals surface area contributed by atoms with Crippen molar-refractivity contribution in [1.82, 2.24) is 14.5 Å². The molecule has 0 fully saturated rings. The Balaban J connectivity index is 2.16. The molecule has 2 aromatic heterocycles. The van der Waals surface area contributed by atoms with Crippen molar-refractivity contribution in [2.75, 3.05) is 6.61 Å². The van der Waals surface area contributed by atoms with Crippen LogP contribution in [0.1, 0.15) is 5.69 Å². The molecule has 3 aromatic rings. The van der Waals surface area contributed by atoms with Gasteiger partial charge >= 0.3 is 0 Å². The van der Waals surface area contributed by atoms with Gasteiger partial charge in [-0.2, -0.15) is 0 Å². The molecule has 0 saturated carbocycles. The Kier molecular flexibility index (Phi) is 3.56. The predicted molar refractivity (Wildman–Crippen MR) is 78.8 cm³/mol. The molecule has 4 nitrogen and oxygen atoms in total. The van der Waals surface area contributed by atoms with E-state index in [2.05, 4.69) is 32.7 Å². The van der Waals surface area contributed by atoms with Crippen LogP contribution in [-0.4, -0.2) is 26.2 Å². The summed E-state index contributed by atoms with van der Waals surface area (Å²) in [5, 5.41) is 10.0. The number of hydrogen-bond donors (Lipinski definition) is 1. The van der Waals surface area contributed by atoms with E-state index in [9.17, 15) is 0 Å². The summed E-state index contributed by atoms with van der Waals surface area (Å²) < 4.78 is 2.05. The number of hydrogen-bond acceptors (Lipinski definition) is 3. The van der Waals surface area contributed by atoms with Gasteiger partial charge in [0, 0.05) is 29.9 Å². The molecule has 0 aliphatic carbocycles. The smallest absolute Gasteiger partial charge is 0.234 e. The lowest BCUT2D eigenvalue weighted by atomic mass is 10.2. The summed E-state index contributed by atoms with van der Waals surface area (Å²) >= 11 is 0. The second kappa shape index (κ2) is 5.67. The Morgan fingerprint density at radius 2 is 1.85 bits per heavy atom. The van der Waals surface area contributed by atoms with Crippen molar-refractivity contribution >= 4 is 10.9 Å². The molecule has 4 heteroatoms. The molecule has 0 aliphatic rings. The van der Waals surface area contributed by atoms with Gasteiger partial charge in [-0.05, 0) is 18.2 Å². The maximum absolute atomic E-state index is 8.85. The molecule has 0 radical (unpaired) electrons. The maximum atomic E-state index is 8.85. The topological polar surface area (TPSA) is 50.9 Å². The van der Waals surface area contributed by atoms with Crippen LogP contribution in [0.5, 0.6) is 0 Å². The van der Waals surface area contributed by atoms with Crippen LogP contribution >= 0.6 is 0 Å². The van der Waals surface area contributed by atoms with Gasteiger partial charge in [-0.3, -0.25) is 4.57 Å². The monoisotopic (exact) mass is 265 g/mol. The first-order chi connectivity index (χ1) is 9.90. The van der Waals surface area contributed by atoms with Crippen molar-refractivity contribution in [1.29, 1.82) is 0 Å². The quantitative estimate of drug-likeness (QED) is 0.737. The van der Waals surface area contributed by atoms with Crippen LogP contribution in [0.25, 0.3) is 16.9 Å². The van der Waals surface area contributed by atoms with E-state index in [0.29, 0.717) is 5.95 Å². The molecule has 0 saturated heterocycles. The fraction of sp³-hybridized carbons (Fsp3) is 0.125. The van der Waals surface area contributed by atoms with Crippen molar-refractivity contribution in [3.63, 3.8) is 0 Å². The number of fused-ring (bicyclic) bond motifs is 1. The minimum atomic E-state index is 0.0576. The molecule has 0 unspecified atom stereocenters. The molecule has 2 heterocycles. The SMILES string of the molecule is OC/C=C/Cc1cc2ccccc2n1-c1ncccn1. The number of para-hydroxylation sites is 1. The van der Waals surface area contributed by atoms with E-state index in [1.165, 1.54) is 0 Å². The number of rotatable bonds is 4. The van der Waals surface area contributed by atoms with E-state index in [-0.39, 0.29) is 6.61 Å². The van der Waals surface area contributed by atoms with E-state index in [1.54, 1.807) is 24.5 Å². The fourth-order valence-electron chi connectivity index (χ4n) is 2.28. The highest BCUT2D eigenvalue weighted by Crippen LogP contribution is 2.23. The van der Waals surface area contributed by atoms with E-state index >= 15 is 0 Å².